The van der Waals surface area contributed by atoms with E-state index in [1.54, 1.807) is 12.1 Å². The minimum atomic E-state index is -0.721. The average molecular weight is 251 g/mol. The molecule has 0 aliphatic carbocycles. The van der Waals surface area contributed by atoms with Crippen LogP contribution >= 0.6 is 0 Å². The first-order valence-electron chi connectivity index (χ1n) is 6.16. The van der Waals surface area contributed by atoms with Crippen LogP contribution in [0.3, 0.4) is 0 Å². The van der Waals surface area contributed by atoms with Gasteiger partial charge >= 0.3 is 5.97 Å². The molecule has 1 atom stereocenters. The number of rotatable bonds is 2. The summed E-state index contributed by atoms with van der Waals surface area (Å²) in [6.07, 6.45) is 1.25. The van der Waals surface area contributed by atoms with Crippen molar-refractivity contribution in [2.75, 3.05) is 11.4 Å². The van der Waals surface area contributed by atoms with Gasteiger partial charge in [-0.25, -0.2) is 4.39 Å². The summed E-state index contributed by atoms with van der Waals surface area (Å²) in [5.74, 6) is -1.25. The van der Waals surface area contributed by atoms with E-state index in [1.165, 1.54) is 12.1 Å². The second-order valence-corrected chi connectivity index (χ2v) is 5.47. The lowest BCUT2D eigenvalue weighted by Crippen LogP contribution is -2.51. The third-order valence-electron chi connectivity index (χ3n) is 3.67. The highest BCUT2D eigenvalue weighted by Crippen LogP contribution is 2.35. The fraction of sp³-hybridized carbons (Fsp3) is 0.500. The fourth-order valence-corrected chi connectivity index (χ4v) is 2.71. The molecule has 18 heavy (non-hydrogen) atoms. The Labute approximate surface area is 106 Å². The summed E-state index contributed by atoms with van der Waals surface area (Å²) in [5, 5.41) is 9.10. The molecule has 1 unspecified atom stereocenters. The molecule has 1 aromatic carbocycles. The molecular formula is C14H18FNO2. The van der Waals surface area contributed by atoms with Gasteiger partial charge in [-0.3, -0.25) is 4.79 Å². The van der Waals surface area contributed by atoms with Crippen molar-refractivity contribution in [2.45, 2.75) is 32.2 Å². The molecule has 1 aliphatic rings. The summed E-state index contributed by atoms with van der Waals surface area (Å²) < 4.78 is 12.9. The van der Waals surface area contributed by atoms with Gasteiger partial charge in [-0.2, -0.15) is 0 Å². The maximum absolute atomic E-state index is 12.9. The van der Waals surface area contributed by atoms with Crippen LogP contribution in [0, 0.1) is 11.7 Å². The number of carbonyl (C=O) groups is 1. The van der Waals surface area contributed by atoms with Crippen LogP contribution in [0.25, 0.3) is 0 Å². The molecule has 1 fully saturated rings. The summed E-state index contributed by atoms with van der Waals surface area (Å²) in [7, 11) is 0. The van der Waals surface area contributed by atoms with Gasteiger partial charge in [0, 0.05) is 17.8 Å². The molecule has 3 nitrogen and oxygen atoms in total. The molecule has 4 heteroatoms. The van der Waals surface area contributed by atoms with Crippen LogP contribution in [-0.2, 0) is 4.79 Å². The summed E-state index contributed by atoms with van der Waals surface area (Å²) in [4.78, 5) is 13.2. The van der Waals surface area contributed by atoms with Gasteiger partial charge in [-0.05, 0) is 51.0 Å². The van der Waals surface area contributed by atoms with Crippen LogP contribution in [-0.4, -0.2) is 23.2 Å². The van der Waals surface area contributed by atoms with Crippen LogP contribution < -0.4 is 4.90 Å². The van der Waals surface area contributed by atoms with E-state index in [9.17, 15) is 9.18 Å². The Kier molecular flexibility index (Phi) is 3.28. The smallest absolute Gasteiger partial charge is 0.306 e. The molecule has 0 amide bonds. The van der Waals surface area contributed by atoms with E-state index < -0.39 is 5.97 Å². The standard InChI is InChI=1S/C14H18FNO2/c1-14(2)9-10(13(17)18)7-8-16(14)12-5-3-11(15)4-6-12/h3-6,10H,7-9H2,1-2H3,(H,17,18). The van der Waals surface area contributed by atoms with Crippen LogP contribution in [0.1, 0.15) is 26.7 Å². The highest BCUT2D eigenvalue weighted by molar-refractivity contribution is 5.71. The maximum atomic E-state index is 12.9. The summed E-state index contributed by atoms with van der Waals surface area (Å²) >= 11 is 0. The molecular weight excluding hydrogens is 233 g/mol. The van der Waals surface area contributed by atoms with Crippen molar-refractivity contribution >= 4 is 11.7 Å². The minimum absolute atomic E-state index is 0.223. The van der Waals surface area contributed by atoms with Crippen molar-refractivity contribution in [1.82, 2.24) is 0 Å². The first-order chi connectivity index (χ1) is 8.40. The number of hydrogen-bond donors (Lipinski definition) is 1. The maximum Gasteiger partial charge on any atom is 0.306 e. The summed E-state index contributed by atoms with van der Waals surface area (Å²) in [6, 6.07) is 6.37. The van der Waals surface area contributed by atoms with Crippen LogP contribution in [0.15, 0.2) is 24.3 Å². The Balaban J connectivity index is 2.20. The van der Waals surface area contributed by atoms with Crippen molar-refractivity contribution < 1.29 is 14.3 Å². The van der Waals surface area contributed by atoms with Gasteiger partial charge in [0.15, 0.2) is 0 Å². The number of piperidine rings is 1. The highest BCUT2D eigenvalue weighted by Gasteiger charge is 2.37. The number of carboxylic acid groups (broad SMARTS) is 1. The Bertz CT molecular complexity index is 442. The second kappa shape index (κ2) is 4.59. The van der Waals surface area contributed by atoms with E-state index >= 15 is 0 Å². The highest BCUT2D eigenvalue weighted by atomic mass is 19.1. The Morgan fingerprint density at radius 1 is 1.39 bits per heavy atom. The molecule has 0 spiro atoms. The zero-order chi connectivity index (χ0) is 13.3. The summed E-state index contributed by atoms with van der Waals surface area (Å²) in [6.45, 7) is 4.76. The Morgan fingerprint density at radius 3 is 2.50 bits per heavy atom. The van der Waals surface area contributed by atoms with Crippen molar-refractivity contribution in [3.05, 3.63) is 30.1 Å². The third kappa shape index (κ3) is 2.47. The van der Waals surface area contributed by atoms with Gasteiger partial charge in [-0.1, -0.05) is 0 Å². The monoisotopic (exact) mass is 251 g/mol. The van der Waals surface area contributed by atoms with Gasteiger partial charge in [0.05, 0.1) is 5.92 Å². The Morgan fingerprint density at radius 2 is 2.00 bits per heavy atom. The van der Waals surface area contributed by atoms with E-state index in [0.717, 1.165) is 5.69 Å². The molecule has 0 bridgehead atoms. The van der Waals surface area contributed by atoms with Gasteiger partial charge in [-0.15, -0.1) is 0 Å². The molecule has 1 aromatic rings. The van der Waals surface area contributed by atoms with Gasteiger partial charge < -0.3 is 10.0 Å². The zero-order valence-corrected chi connectivity index (χ0v) is 10.7. The number of aliphatic carboxylic acids is 1. The molecule has 0 saturated carbocycles. The number of nitrogens with zero attached hydrogens (tertiary/aromatic N) is 1. The number of hydrogen-bond acceptors (Lipinski definition) is 2. The van der Waals surface area contributed by atoms with E-state index in [4.69, 9.17) is 5.11 Å². The van der Waals surface area contributed by atoms with Crippen molar-refractivity contribution in [3.63, 3.8) is 0 Å². The third-order valence-corrected chi connectivity index (χ3v) is 3.67. The topological polar surface area (TPSA) is 40.5 Å². The van der Waals surface area contributed by atoms with Crippen molar-refractivity contribution in [2.24, 2.45) is 5.92 Å². The molecule has 0 aromatic heterocycles. The van der Waals surface area contributed by atoms with E-state index in [-0.39, 0.29) is 17.3 Å². The van der Waals surface area contributed by atoms with Crippen LogP contribution in [0.2, 0.25) is 0 Å². The molecule has 1 N–H and O–H groups in total. The molecule has 1 heterocycles. The lowest BCUT2D eigenvalue weighted by molar-refractivity contribution is -0.143. The summed E-state index contributed by atoms with van der Waals surface area (Å²) in [5.41, 5.74) is 0.726. The average Bonchev–Trinajstić information content (AvgIpc) is 2.29. The molecule has 0 radical (unpaired) electrons. The van der Waals surface area contributed by atoms with E-state index in [0.29, 0.717) is 19.4 Å². The normalized spacial score (nSPS) is 22.8. The largest absolute Gasteiger partial charge is 0.481 e. The predicted molar refractivity (Wildman–Crippen MR) is 68.2 cm³/mol. The van der Waals surface area contributed by atoms with Crippen LogP contribution in [0.5, 0.6) is 0 Å². The van der Waals surface area contributed by atoms with Crippen molar-refractivity contribution in [1.29, 1.82) is 0 Å². The Hall–Kier alpha value is -1.58. The first kappa shape index (κ1) is 12.9. The molecule has 1 aliphatic heterocycles. The van der Waals surface area contributed by atoms with Gasteiger partial charge in [0.1, 0.15) is 5.82 Å². The lowest BCUT2D eigenvalue weighted by Gasteiger charge is -2.46. The number of halogens is 1. The predicted octanol–water partition coefficient (Wildman–Crippen LogP) is 2.91. The fourth-order valence-electron chi connectivity index (χ4n) is 2.71. The van der Waals surface area contributed by atoms with Gasteiger partial charge in [0.2, 0.25) is 0 Å². The van der Waals surface area contributed by atoms with Crippen molar-refractivity contribution in [3.8, 4) is 0 Å². The quantitative estimate of drug-likeness (QED) is 0.878. The van der Waals surface area contributed by atoms with E-state index in [2.05, 4.69) is 4.90 Å². The minimum Gasteiger partial charge on any atom is -0.481 e. The van der Waals surface area contributed by atoms with Crippen LogP contribution in [0.4, 0.5) is 10.1 Å². The van der Waals surface area contributed by atoms with Gasteiger partial charge in [0.25, 0.3) is 0 Å². The zero-order valence-electron chi connectivity index (χ0n) is 10.7. The molecule has 98 valence electrons. The molecule has 1 saturated heterocycles. The lowest BCUT2D eigenvalue weighted by atomic mass is 9.82. The first-order valence-corrected chi connectivity index (χ1v) is 6.16. The van der Waals surface area contributed by atoms with E-state index in [1.807, 2.05) is 13.8 Å². The number of anilines is 1. The number of benzene rings is 1. The second-order valence-electron chi connectivity index (χ2n) is 5.47. The molecule has 2 rings (SSSR count). The number of carboxylic acids is 1. The SMILES string of the molecule is CC1(C)CC(C(=O)O)CCN1c1ccc(F)cc1.